The van der Waals surface area contributed by atoms with E-state index in [0.717, 1.165) is 19.8 Å². The van der Waals surface area contributed by atoms with Crippen molar-refractivity contribution in [1.82, 2.24) is 0 Å². The number of hydrogen-bond donors (Lipinski definition) is 0. The summed E-state index contributed by atoms with van der Waals surface area (Å²) in [7, 11) is 0. The van der Waals surface area contributed by atoms with Gasteiger partial charge in [-0.05, 0) is 6.42 Å². The summed E-state index contributed by atoms with van der Waals surface area (Å²) in [6.07, 6.45) is 2.54. The zero-order valence-corrected chi connectivity index (χ0v) is 6.36. The molecule has 3 heteroatoms. The molecule has 0 radical (unpaired) electrons. The molecule has 3 unspecified atom stereocenters. The number of ether oxygens (including phenoxy) is 3. The van der Waals surface area contributed by atoms with Crippen LogP contribution in [-0.4, -0.2) is 38.1 Å². The molecule has 3 fully saturated rings. The highest BCUT2D eigenvalue weighted by Gasteiger charge is 2.50. The Labute approximate surface area is 65.6 Å². The van der Waals surface area contributed by atoms with Crippen LogP contribution in [0.1, 0.15) is 6.42 Å². The van der Waals surface area contributed by atoms with Crippen LogP contribution in [0.3, 0.4) is 0 Å². The molecule has 3 saturated heterocycles. The molecular weight excluding hydrogens is 144 g/mol. The van der Waals surface area contributed by atoms with Gasteiger partial charge in [0.05, 0.1) is 31.5 Å². The van der Waals surface area contributed by atoms with Crippen LogP contribution in [0.2, 0.25) is 0 Å². The van der Waals surface area contributed by atoms with Crippen molar-refractivity contribution in [3.8, 4) is 0 Å². The van der Waals surface area contributed by atoms with Crippen molar-refractivity contribution < 1.29 is 14.2 Å². The number of rotatable bonds is 3. The Morgan fingerprint density at radius 2 is 1.45 bits per heavy atom. The number of epoxide rings is 2. The first-order valence-corrected chi connectivity index (χ1v) is 4.30. The fraction of sp³-hybridized carbons (Fsp3) is 1.00. The Morgan fingerprint density at radius 1 is 0.909 bits per heavy atom. The SMILES string of the molecule is C1CC(C(C2CO2)C2CO2)O1. The highest BCUT2D eigenvalue weighted by atomic mass is 16.6. The molecule has 3 heterocycles. The Balaban J connectivity index is 1.66. The van der Waals surface area contributed by atoms with Crippen molar-refractivity contribution in [3.63, 3.8) is 0 Å². The molecule has 62 valence electrons. The van der Waals surface area contributed by atoms with Gasteiger partial charge in [0.2, 0.25) is 0 Å². The van der Waals surface area contributed by atoms with Crippen molar-refractivity contribution in [2.24, 2.45) is 5.92 Å². The molecule has 0 aromatic heterocycles. The van der Waals surface area contributed by atoms with Crippen molar-refractivity contribution in [2.45, 2.75) is 24.7 Å². The van der Waals surface area contributed by atoms with Gasteiger partial charge in [0.15, 0.2) is 0 Å². The Hall–Kier alpha value is -0.120. The van der Waals surface area contributed by atoms with Gasteiger partial charge in [-0.25, -0.2) is 0 Å². The Kier molecular flexibility index (Phi) is 1.27. The van der Waals surface area contributed by atoms with Gasteiger partial charge in [0.25, 0.3) is 0 Å². The van der Waals surface area contributed by atoms with E-state index >= 15 is 0 Å². The maximum Gasteiger partial charge on any atom is 0.0888 e. The largest absolute Gasteiger partial charge is 0.378 e. The predicted octanol–water partition coefficient (Wildman–Crippen LogP) is 0.189. The molecule has 0 bridgehead atoms. The lowest BCUT2D eigenvalue weighted by molar-refractivity contribution is -0.0954. The van der Waals surface area contributed by atoms with Crippen LogP contribution in [0.4, 0.5) is 0 Å². The average molecular weight is 156 g/mol. The third-order valence-corrected chi connectivity index (χ3v) is 2.74. The lowest BCUT2D eigenvalue weighted by Crippen LogP contribution is -2.40. The van der Waals surface area contributed by atoms with Crippen LogP contribution in [0.15, 0.2) is 0 Å². The second-order valence-corrected chi connectivity index (χ2v) is 3.52. The minimum atomic E-state index is 0.440. The highest BCUT2D eigenvalue weighted by molar-refractivity contribution is 4.96. The molecule has 3 rings (SSSR count). The molecule has 0 saturated carbocycles. The van der Waals surface area contributed by atoms with E-state index in [1.54, 1.807) is 0 Å². The normalized spacial score (nSPS) is 49.6. The topological polar surface area (TPSA) is 34.3 Å². The monoisotopic (exact) mass is 156 g/mol. The summed E-state index contributed by atoms with van der Waals surface area (Å²) < 4.78 is 16.0. The van der Waals surface area contributed by atoms with E-state index in [2.05, 4.69) is 0 Å². The Bertz CT molecular complexity index is 147. The van der Waals surface area contributed by atoms with Gasteiger partial charge in [-0.15, -0.1) is 0 Å². The molecule has 0 amide bonds. The molecule has 3 aliphatic rings. The zero-order chi connectivity index (χ0) is 7.26. The molecule has 3 aliphatic heterocycles. The van der Waals surface area contributed by atoms with Gasteiger partial charge in [-0.1, -0.05) is 0 Å². The van der Waals surface area contributed by atoms with Crippen LogP contribution in [0.5, 0.6) is 0 Å². The van der Waals surface area contributed by atoms with E-state index in [1.807, 2.05) is 0 Å². The van der Waals surface area contributed by atoms with Gasteiger partial charge in [-0.3, -0.25) is 0 Å². The summed E-state index contributed by atoms with van der Waals surface area (Å²) in [4.78, 5) is 0. The maximum absolute atomic E-state index is 5.44. The average Bonchev–Trinajstić information content (AvgIpc) is 2.74. The van der Waals surface area contributed by atoms with E-state index in [4.69, 9.17) is 14.2 Å². The molecule has 0 aromatic carbocycles. The third-order valence-electron chi connectivity index (χ3n) is 2.74. The van der Waals surface area contributed by atoms with Crippen LogP contribution < -0.4 is 0 Å². The zero-order valence-electron chi connectivity index (χ0n) is 6.36. The Morgan fingerprint density at radius 3 is 1.73 bits per heavy atom. The summed E-state index contributed by atoms with van der Waals surface area (Å²) >= 11 is 0. The van der Waals surface area contributed by atoms with Crippen LogP contribution in [-0.2, 0) is 14.2 Å². The summed E-state index contributed by atoms with van der Waals surface area (Å²) in [5.74, 6) is 0.545. The summed E-state index contributed by atoms with van der Waals surface area (Å²) in [6, 6.07) is 0. The molecule has 0 N–H and O–H groups in total. The maximum atomic E-state index is 5.44. The van der Waals surface area contributed by atoms with Gasteiger partial charge in [0, 0.05) is 12.5 Å². The van der Waals surface area contributed by atoms with Crippen LogP contribution in [0, 0.1) is 5.92 Å². The molecule has 0 spiro atoms. The van der Waals surface area contributed by atoms with E-state index in [9.17, 15) is 0 Å². The quantitative estimate of drug-likeness (QED) is 0.547. The molecule has 3 atom stereocenters. The first kappa shape index (κ1) is 6.40. The van der Waals surface area contributed by atoms with Crippen LogP contribution in [0.25, 0.3) is 0 Å². The summed E-state index contributed by atoms with van der Waals surface area (Å²) in [5.41, 5.74) is 0. The van der Waals surface area contributed by atoms with Crippen molar-refractivity contribution >= 4 is 0 Å². The lowest BCUT2D eigenvalue weighted by atomic mass is 9.91. The minimum Gasteiger partial charge on any atom is -0.378 e. The van der Waals surface area contributed by atoms with Crippen molar-refractivity contribution in [1.29, 1.82) is 0 Å². The predicted molar refractivity (Wildman–Crippen MR) is 37.3 cm³/mol. The van der Waals surface area contributed by atoms with Crippen molar-refractivity contribution in [2.75, 3.05) is 19.8 Å². The standard InChI is InChI=1S/C8H12O3/c1-2-9-5(1)8(6-3-10-6)7-4-11-7/h5-8H,1-4H2. The van der Waals surface area contributed by atoms with Gasteiger partial charge in [-0.2, -0.15) is 0 Å². The smallest absolute Gasteiger partial charge is 0.0888 e. The first-order valence-electron chi connectivity index (χ1n) is 4.30. The first-order chi connectivity index (χ1) is 5.45. The fourth-order valence-corrected chi connectivity index (χ4v) is 1.83. The van der Waals surface area contributed by atoms with Gasteiger partial charge in [0.1, 0.15) is 0 Å². The minimum absolute atomic E-state index is 0.440. The number of hydrogen-bond acceptors (Lipinski definition) is 3. The molecule has 0 aromatic rings. The molecule has 0 aliphatic carbocycles. The molecular formula is C8H12O3. The van der Waals surface area contributed by atoms with Gasteiger partial charge < -0.3 is 14.2 Å². The second-order valence-electron chi connectivity index (χ2n) is 3.52. The van der Waals surface area contributed by atoms with E-state index in [0.29, 0.717) is 24.2 Å². The fourth-order valence-electron chi connectivity index (χ4n) is 1.83. The summed E-state index contributed by atoms with van der Waals surface area (Å²) in [6.45, 7) is 2.77. The second kappa shape index (κ2) is 2.19. The highest BCUT2D eigenvalue weighted by Crippen LogP contribution is 2.38. The third kappa shape index (κ3) is 1.08. The van der Waals surface area contributed by atoms with Crippen LogP contribution >= 0.6 is 0 Å². The molecule has 11 heavy (non-hydrogen) atoms. The molecule has 3 nitrogen and oxygen atoms in total. The van der Waals surface area contributed by atoms with Crippen molar-refractivity contribution in [3.05, 3.63) is 0 Å². The van der Waals surface area contributed by atoms with E-state index in [-0.39, 0.29) is 0 Å². The van der Waals surface area contributed by atoms with E-state index in [1.165, 1.54) is 6.42 Å². The summed E-state index contributed by atoms with van der Waals surface area (Å²) in [5, 5.41) is 0. The van der Waals surface area contributed by atoms with Gasteiger partial charge >= 0.3 is 0 Å². The lowest BCUT2D eigenvalue weighted by Gasteiger charge is -2.32. The van der Waals surface area contributed by atoms with E-state index < -0.39 is 0 Å².